The Morgan fingerprint density at radius 3 is 2.21 bits per heavy atom. The van der Waals surface area contributed by atoms with E-state index in [1.54, 1.807) is 51.3 Å². The van der Waals surface area contributed by atoms with Crippen molar-refractivity contribution in [1.82, 2.24) is 4.90 Å². The van der Waals surface area contributed by atoms with Crippen LogP contribution in [0.2, 0.25) is 0 Å². The first kappa shape index (κ1) is 23.0. The lowest BCUT2D eigenvalue weighted by Gasteiger charge is -2.27. The molecule has 174 valence electrons. The third-order valence-electron chi connectivity index (χ3n) is 5.99. The van der Waals surface area contributed by atoms with E-state index in [2.05, 4.69) is 5.32 Å². The third kappa shape index (κ3) is 4.50. The number of benzene rings is 3. The standard InChI is InChI=1S/C27H26N2O5/c1-16(2)24(27(32)33)29-15-20-14-19(8-13-23(20)26(29)31)17-4-9-21(10-5-17)28-25(30)18-6-11-22(34-3)12-7-18/h4-14,16,24H,15H2,1-3H3,(H,28,30)(H,32,33)/t24-/m0/s1. The number of nitrogens with one attached hydrogen (secondary N) is 1. The summed E-state index contributed by atoms with van der Waals surface area (Å²) in [6.45, 7) is 3.87. The summed E-state index contributed by atoms with van der Waals surface area (Å²) in [6, 6.07) is 19.0. The number of methoxy groups -OCH3 is 1. The minimum atomic E-state index is -0.997. The van der Waals surface area contributed by atoms with Gasteiger partial charge in [0.05, 0.1) is 7.11 Å². The molecule has 0 saturated carbocycles. The zero-order valence-corrected chi connectivity index (χ0v) is 19.2. The highest BCUT2D eigenvalue weighted by Crippen LogP contribution is 2.31. The van der Waals surface area contributed by atoms with Crippen molar-refractivity contribution in [2.45, 2.75) is 26.4 Å². The number of carbonyl (C=O) groups excluding carboxylic acids is 2. The highest BCUT2D eigenvalue weighted by atomic mass is 16.5. The lowest BCUT2D eigenvalue weighted by atomic mass is 10.0. The van der Waals surface area contributed by atoms with E-state index in [9.17, 15) is 19.5 Å². The Kier molecular flexibility index (Phi) is 6.36. The fourth-order valence-corrected chi connectivity index (χ4v) is 4.22. The van der Waals surface area contributed by atoms with Gasteiger partial charge in [0, 0.05) is 23.4 Å². The minimum absolute atomic E-state index is 0.198. The van der Waals surface area contributed by atoms with E-state index in [-0.39, 0.29) is 24.3 Å². The topological polar surface area (TPSA) is 95.9 Å². The second-order valence-electron chi connectivity index (χ2n) is 8.59. The minimum Gasteiger partial charge on any atom is -0.497 e. The zero-order valence-electron chi connectivity index (χ0n) is 19.2. The average Bonchev–Trinajstić information content (AvgIpc) is 3.14. The van der Waals surface area contributed by atoms with Crippen LogP contribution in [0.1, 0.15) is 40.1 Å². The van der Waals surface area contributed by atoms with Crippen molar-refractivity contribution in [1.29, 1.82) is 0 Å². The van der Waals surface area contributed by atoms with E-state index < -0.39 is 12.0 Å². The summed E-state index contributed by atoms with van der Waals surface area (Å²) in [5.41, 5.74) is 4.38. The monoisotopic (exact) mass is 458 g/mol. The van der Waals surface area contributed by atoms with Crippen LogP contribution in [0.25, 0.3) is 11.1 Å². The molecule has 7 heteroatoms. The number of carboxylic acids is 1. The van der Waals surface area contributed by atoms with E-state index in [4.69, 9.17) is 4.74 Å². The normalized spacial score (nSPS) is 13.5. The van der Waals surface area contributed by atoms with Gasteiger partial charge in [-0.2, -0.15) is 0 Å². The summed E-state index contributed by atoms with van der Waals surface area (Å²) in [5.74, 6) is -0.980. The molecule has 0 aliphatic carbocycles. The Labute approximate surface area is 198 Å². The molecule has 7 nitrogen and oxygen atoms in total. The van der Waals surface area contributed by atoms with Crippen molar-refractivity contribution in [2.24, 2.45) is 5.92 Å². The van der Waals surface area contributed by atoms with Crippen LogP contribution in [0, 0.1) is 5.92 Å². The van der Waals surface area contributed by atoms with Crippen LogP contribution in [-0.2, 0) is 11.3 Å². The lowest BCUT2D eigenvalue weighted by Crippen LogP contribution is -2.44. The molecule has 0 unspecified atom stereocenters. The number of carbonyl (C=O) groups is 3. The van der Waals surface area contributed by atoms with Gasteiger partial charge in [0.2, 0.25) is 0 Å². The summed E-state index contributed by atoms with van der Waals surface area (Å²) in [7, 11) is 1.57. The highest BCUT2D eigenvalue weighted by molar-refractivity contribution is 6.04. The molecule has 1 heterocycles. The van der Waals surface area contributed by atoms with Crippen LogP contribution in [-0.4, -0.2) is 40.9 Å². The number of rotatable bonds is 7. The molecule has 0 spiro atoms. The molecule has 4 rings (SSSR count). The summed E-state index contributed by atoms with van der Waals surface area (Å²) in [5, 5.41) is 12.5. The Hall–Kier alpha value is -4.13. The van der Waals surface area contributed by atoms with Crippen molar-refractivity contribution in [3.05, 3.63) is 83.4 Å². The molecule has 3 aromatic rings. The fourth-order valence-electron chi connectivity index (χ4n) is 4.22. The molecule has 1 aliphatic rings. The average molecular weight is 459 g/mol. The quantitative estimate of drug-likeness (QED) is 0.536. The van der Waals surface area contributed by atoms with Crippen molar-refractivity contribution in [3.8, 4) is 16.9 Å². The number of amides is 2. The van der Waals surface area contributed by atoms with Crippen molar-refractivity contribution >= 4 is 23.5 Å². The third-order valence-corrected chi connectivity index (χ3v) is 5.99. The van der Waals surface area contributed by atoms with Gasteiger partial charge in [-0.25, -0.2) is 4.79 Å². The molecule has 1 atom stereocenters. The number of fused-ring (bicyclic) bond motifs is 1. The molecular formula is C27H26N2O5. The number of hydrogen-bond donors (Lipinski definition) is 2. The van der Waals surface area contributed by atoms with Crippen LogP contribution < -0.4 is 10.1 Å². The van der Waals surface area contributed by atoms with Gasteiger partial charge in [0.1, 0.15) is 11.8 Å². The molecule has 0 fully saturated rings. The number of anilines is 1. The first-order chi connectivity index (χ1) is 16.3. The zero-order chi connectivity index (χ0) is 24.4. The number of carboxylic acid groups (broad SMARTS) is 1. The number of nitrogens with zero attached hydrogens (tertiary/aromatic N) is 1. The van der Waals surface area contributed by atoms with Crippen LogP contribution >= 0.6 is 0 Å². The predicted octanol–water partition coefficient (Wildman–Crippen LogP) is 4.68. The second-order valence-corrected chi connectivity index (χ2v) is 8.59. The maximum absolute atomic E-state index is 12.8. The smallest absolute Gasteiger partial charge is 0.326 e. The Morgan fingerprint density at radius 2 is 1.62 bits per heavy atom. The van der Waals surface area contributed by atoms with E-state index in [0.717, 1.165) is 16.7 Å². The van der Waals surface area contributed by atoms with Crippen LogP contribution in [0.3, 0.4) is 0 Å². The molecule has 2 amide bonds. The van der Waals surface area contributed by atoms with Crippen molar-refractivity contribution in [2.75, 3.05) is 12.4 Å². The lowest BCUT2D eigenvalue weighted by molar-refractivity contribution is -0.144. The van der Waals surface area contributed by atoms with Gasteiger partial charge in [-0.1, -0.05) is 32.0 Å². The van der Waals surface area contributed by atoms with Crippen LogP contribution in [0.4, 0.5) is 5.69 Å². The molecule has 0 aromatic heterocycles. The maximum atomic E-state index is 12.8. The van der Waals surface area contributed by atoms with E-state index in [0.29, 0.717) is 22.6 Å². The summed E-state index contributed by atoms with van der Waals surface area (Å²) >= 11 is 0. The largest absolute Gasteiger partial charge is 0.497 e. The molecule has 2 N–H and O–H groups in total. The molecular weight excluding hydrogens is 432 g/mol. The number of aliphatic carboxylic acids is 1. The van der Waals surface area contributed by atoms with Crippen molar-refractivity contribution < 1.29 is 24.2 Å². The molecule has 0 bridgehead atoms. The molecule has 1 aliphatic heterocycles. The van der Waals surface area contributed by atoms with Gasteiger partial charge < -0.3 is 20.1 Å². The molecule has 0 radical (unpaired) electrons. The van der Waals surface area contributed by atoms with E-state index in [1.807, 2.05) is 36.4 Å². The SMILES string of the molecule is COc1ccc(C(=O)Nc2ccc(-c3ccc4c(c3)CN([C@H](C(=O)O)C(C)C)C4=O)cc2)cc1. The van der Waals surface area contributed by atoms with Crippen LogP contribution in [0.5, 0.6) is 5.75 Å². The molecule has 34 heavy (non-hydrogen) atoms. The van der Waals surface area contributed by atoms with Gasteiger partial charge in [-0.3, -0.25) is 9.59 Å². The van der Waals surface area contributed by atoms with Gasteiger partial charge in [0.25, 0.3) is 11.8 Å². The van der Waals surface area contributed by atoms with Gasteiger partial charge in [-0.15, -0.1) is 0 Å². The number of ether oxygens (including phenoxy) is 1. The van der Waals surface area contributed by atoms with Gasteiger partial charge >= 0.3 is 5.97 Å². The maximum Gasteiger partial charge on any atom is 0.326 e. The summed E-state index contributed by atoms with van der Waals surface area (Å²) in [6.07, 6.45) is 0. The summed E-state index contributed by atoms with van der Waals surface area (Å²) in [4.78, 5) is 38.4. The molecule has 3 aromatic carbocycles. The highest BCUT2D eigenvalue weighted by Gasteiger charge is 2.38. The fraction of sp³-hybridized carbons (Fsp3) is 0.222. The summed E-state index contributed by atoms with van der Waals surface area (Å²) < 4.78 is 5.12. The molecule has 0 saturated heterocycles. The number of hydrogen-bond acceptors (Lipinski definition) is 4. The van der Waals surface area contributed by atoms with E-state index >= 15 is 0 Å². The van der Waals surface area contributed by atoms with E-state index in [1.165, 1.54) is 4.90 Å². The Morgan fingerprint density at radius 1 is 0.971 bits per heavy atom. The first-order valence-electron chi connectivity index (χ1n) is 11.0. The van der Waals surface area contributed by atoms with Gasteiger partial charge in [-0.05, 0) is 71.1 Å². The second kappa shape index (κ2) is 9.39. The van der Waals surface area contributed by atoms with Gasteiger partial charge in [0.15, 0.2) is 0 Å². The first-order valence-corrected chi connectivity index (χ1v) is 11.0. The Bertz CT molecular complexity index is 1230. The Balaban J connectivity index is 1.49. The van der Waals surface area contributed by atoms with Crippen LogP contribution in [0.15, 0.2) is 66.7 Å². The van der Waals surface area contributed by atoms with Crippen molar-refractivity contribution in [3.63, 3.8) is 0 Å². The predicted molar refractivity (Wildman–Crippen MR) is 129 cm³/mol.